The molecule has 0 aliphatic rings. The van der Waals surface area contributed by atoms with Gasteiger partial charge in [-0.2, -0.15) is 10.2 Å². The van der Waals surface area contributed by atoms with Crippen LogP contribution in [0.15, 0.2) is 18.5 Å². The van der Waals surface area contributed by atoms with Gasteiger partial charge in [0.25, 0.3) is 0 Å². The Bertz CT molecular complexity index is 549. The molecule has 2 heterocycles. The number of hydrogen-bond acceptors (Lipinski definition) is 3. The van der Waals surface area contributed by atoms with Gasteiger partial charge in [0.05, 0.1) is 17.9 Å². The van der Waals surface area contributed by atoms with E-state index in [0.29, 0.717) is 19.1 Å². The van der Waals surface area contributed by atoms with Crippen molar-refractivity contribution in [3.8, 4) is 0 Å². The molecule has 0 amide bonds. The van der Waals surface area contributed by atoms with E-state index in [1.807, 2.05) is 17.7 Å². The van der Waals surface area contributed by atoms with Crippen LogP contribution in [-0.4, -0.2) is 26.2 Å². The van der Waals surface area contributed by atoms with Crippen LogP contribution in [0.25, 0.3) is 0 Å². The first kappa shape index (κ1) is 17.7. The molecule has 0 radical (unpaired) electrons. The van der Waals surface area contributed by atoms with Crippen LogP contribution in [0.2, 0.25) is 0 Å². The predicted octanol–water partition coefficient (Wildman–Crippen LogP) is 2.65. The number of halogens is 2. The summed E-state index contributed by atoms with van der Waals surface area (Å²) >= 11 is 0. The van der Waals surface area contributed by atoms with Gasteiger partial charge in [-0.1, -0.05) is 0 Å². The van der Waals surface area contributed by atoms with Gasteiger partial charge in [0.15, 0.2) is 0 Å². The molecule has 5 nitrogen and oxygen atoms in total. The highest BCUT2D eigenvalue weighted by Gasteiger charge is 2.07. The molecule has 1 N–H and O–H groups in total. The topological polar surface area (TPSA) is 47.7 Å². The number of nitrogens with zero attached hydrogens (tertiary/aromatic N) is 4. The van der Waals surface area contributed by atoms with Crippen molar-refractivity contribution in [1.29, 1.82) is 0 Å². The van der Waals surface area contributed by atoms with E-state index in [4.69, 9.17) is 0 Å². The Morgan fingerprint density at radius 3 is 2.71 bits per heavy atom. The van der Waals surface area contributed by atoms with E-state index in [1.54, 1.807) is 10.9 Å². The number of rotatable bonds is 7. The maximum atomic E-state index is 12.4. The van der Waals surface area contributed by atoms with Gasteiger partial charge in [0, 0.05) is 37.1 Å². The van der Waals surface area contributed by atoms with E-state index in [-0.39, 0.29) is 12.4 Å². The first-order valence-corrected chi connectivity index (χ1v) is 6.93. The third kappa shape index (κ3) is 4.54. The third-order valence-electron chi connectivity index (χ3n) is 3.27. The Kier molecular flexibility index (Phi) is 6.84. The molecule has 0 aliphatic heterocycles. The molecule has 0 aromatic carbocycles. The van der Waals surface area contributed by atoms with Crippen LogP contribution in [0.3, 0.4) is 0 Å². The summed E-state index contributed by atoms with van der Waals surface area (Å²) in [5.41, 5.74) is 3.23. The fraction of sp³-hybridized carbons (Fsp3) is 0.571. The van der Waals surface area contributed by atoms with E-state index in [0.717, 1.165) is 17.9 Å². The van der Waals surface area contributed by atoms with E-state index in [9.17, 15) is 4.39 Å². The summed E-state index contributed by atoms with van der Waals surface area (Å²) in [6, 6.07) is 2.28. The Morgan fingerprint density at radius 2 is 2.10 bits per heavy atom. The predicted molar refractivity (Wildman–Crippen MR) is 83.3 cm³/mol. The Labute approximate surface area is 130 Å². The summed E-state index contributed by atoms with van der Waals surface area (Å²) in [5, 5.41) is 11.9. The molecule has 0 fully saturated rings. The molecule has 118 valence electrons. The average molecular weight is 316 g/mol. The lowest BCUT2D eigenvalue weighted by atomic mass is 10.2. The summed E-state index contributed by atoms with van der Waals surface area (Å²) in [4.78, 5) is 0. The summed E-state index contributed by atoms with van der Waals surface area (Å²) in [5.74, 6) is 0. The highest BCUT2D eigenvalue weighted by Crippen LogP contribution is 2.10. The van der Waals surface area contributed by atoms with Gasteiger partial charge in [0.2, 0.25) is 0 Å². The molecule has 2 aromatic heterocycles. The highest BCUT2D eigenvalue weighted by atomic mass is 35.5. The highest BCUT2D eigenvalue weighted by molar-refractivity contribution is 5.85. The van der Waals surface area contributed by atoms with Crippen molar-refractivity contribution in [3.63, 3.8) is 0 Å². The first-order valence-electron chi connectivity index (χ1n) is 6.93. The van der Waals surface area contributed by atoms with Crippen LogP contribution >= 0.6 is 12.4 Å². The van der Waals surface area contributed by atoms with Crippen molar-refractivity contribution in [2.75, 3.05) is 6.67 Å². The standard InChI is InChI=1S/C14H22FN5.ClH/c1-11(2)20-10-13(12(3)18-20)8-16-9-14-4-6-17-19(14)7-5-15;/h4,6,10-11,16H,5,7-9H2,1-3H3;1H. The molecule has 0 atom stereocenters. The summed E-state index contributed by atoms with van der Waals surface area (Å²) in [7, 11) is 0. The van der Waals surface area contributed by atoms with Crippen molar-refractivity contribution in [1.82, 2.24) is 24.9 Å². The maximum absolute atomic E-state index is 12.4. The molecule has 0 unspecified atom stereocenters. The summed E-state index contributed by atoms with van der Waals surface area (Å²) in [6.45, 7) is 7.58. The van der Waals surface area contributed by atoms with Crippen LogP contribution < -0.4 is 5.32 Å². The maximum Gasteiger partial charge on any atom is 0.109 e. The number of hydrogen-bond donors (Lipinski definition) is 1. The van der Waals surface area contributed by atoms with Gasteiger partial charge in [-0.25, -0.2) is 4.39 Å². The number of aryl methyl sites for hydroxylation is 2. The van der Waals surface area contributed by atoms with Crippen LogP contribution in [0.1, 0.15) is 36.8 Å². The fourth-order valence-corrected chi connectivity index (χ4v) is 2.07. The number of nitrogens with one attached hydrogen (secondary N) is 1. The van der Waals surface area contributed by atoms with E-state index >= 15 is 0 Å². The fourth-order valence-electron chi connectivity index (χ4n) is 2.07. The van der Waals surface area contributed by atoms with Crippen molar-refractivity contribution in [2.24, 2.45) is 0 Å². The Hall–Kier alpha value is -1.40. The molecule has 0 saturated heterocycles. The lowest BCUT2D eigenvalue weighted by Gasteiger charge is -2.07. The smallest absolute Gasteiger partial charge is 0.109 e. The van der Waals surface area contributed by atoms with Crippen molar-refractivity contribution < 1.29 is 4.39 Å². The number of alkyl halides is 1. The van der Waals surface area contributed by atoms with Crippen molar-refractivity contribution in [2.45, 2.75) is 46.4 Å². The minimum Gasteiger partial charge on any atom is -0.307 e. The van der Waals surface area contributed by atoms with Crippen LogP contribution in [0, 0.1) is 6.92 Å². The quantitative estimate of drug-likeness (QED) is 0.854. The molecular weight excluding hydrogens is 293 g/mol. The van der Waals surface area contributed by atoms with Gasteiger partial charge in [-0.15, -0.1) is 12.4 Å². The Balaban J connectivity index is 0.00000220. The number of aromatic nitrogens is 4. The van der Waals surface area contributed by atoms with Crippen LogP contribution in [-0.2, 0) is 19.6 Å². The third-order valence-corrected chi connectivity index (χ3v) is 3.27. The molecule has 0 spiro atoms. The molecule has 0 bridgehead atoms. The van der Waals surface area contributed by atoms with Crippen LogP contribution in [0.4, 0.5) is 4.39 Å². The second-order valence-corrected chi connectivity index (χ2v) is 5.15. The van der Waals surface area contributed by atoms with E-state index < -0.39 is 6.67 Å². The Morgan fingerprint density at radius 1 is 1.33 bits per heavy atom. The van der Waals surface area contributed by atoms with Gasteiger partial charge in [-0.05, 0) is 26.8 Å². The zero-order valence-electron chi connectivity index (χ0n) is 12.7. The van der Waals surface area contributed by atoms with E-state index in [1.165, 1.54) is 5.56 Å². The zero-order chi connectivity index (χ0) is 14.5. The minimum atomic E-state index is -0.394. The van der Waals surface area contributed by atoms with Gasteiger partial charge in [-0.3, -0.25) is 9.36 Å². The summed E-state index contributed by atoms with van der Waals surface area (Å²) in [6.07, 6.45) is 3.78. The molecular formula is C14H23ClFN5. The minimum absolute atomic E-state index is 0. The van der Waals surface area contributed by atoms with E-state index in [2.05, 4.69) is 35.6 Å². The monoisotopic (exact) mass is 315 g/mol. The van der Waals surface area contributed by atoms with Crippen molar-refractivity contribution in [3.05, 3.63) is 35.4 Å². The van der Waals surface area contributed by atoms with Gasteiger partial charge >= 0.3 is 0 Å². The largest absolute Gasteiger partial charge is 0.307 e. The second-order valence-electron chi connectivity index (χ2n) is 5.15. The molecule has 0 aliphatic carbocycles. The molecule has 2 aromatic rings. The average Bonchev–Trinajstić information content (AvgIpc) is 2.98. The SMILES string of the molecule is Cc1nn(C(C)C)cc1CNCc1ccnn1CCF.Cl. The zero-order valence-corrected chi connectivity index (χ0v) is 13.5. The molecule has 2 rings (SSSR count). The van der Waals surface area contributed by atoms with Gasteiger partial charge in [0.1, 0.15) is 6.67 Å². The normalized spacial score (nSPS) is 10.9. The molecule has 0 saturated carbocycles. The first-order chi connectivity index (χ1) is 9.61. The van der Waals surface area contributed by atoms with Gasteiger partial charge < -0.3 is 5.32 Å². The van der Waals surface area contributed by atoms with Crippen molar-refractivity contribution >= 4 is 12.4 Å². The lowest BCUT2D eigenvalue weighted by molar-refractivity contribution is 0.417. The second kappa shape index (κ2) is 8.14. The molecule has 21 heavy (non-hydrogen) atoms. The summed E-state index contributed by atoms with van der Waals surface area (Å²) < 4.78 is 16.0. The lowest BCUT2D eigenvalue weighted by Crippen LogP contribution is -2.17. The van der Waals surface area contributed by atoms with Crippen LogP contribution in [0.5, 0.6) is 0 Å². The molecule has 7 heteroatoms.